The molecule has 2 N–H and O–H groups in total. The third kappa shape index (κ3) is 11.8. The first-order valence-electron chi connectivity index (χ1n) is 22.9. The monoisotopic (exact) mass is 901 g/mol. The van der Waals surface area contributed by atoms with E-state index in [9.17, 15) is 9.59 Å². The fourth-order valence-electron chi connectivity index (χ4n) is 8.43. The van der Waals surface area contributed by atoms with E-state index in [-0.39, 0.29) is 37.9 Å². The van der Waals surface area contributed by atoms with Crippen molar-refractivity contribution >= 4 is 17.9 Å². The van der Waals surface area contributed by atoms with Gasteiger partial charge in [0.15, 0.2) is 0 Å². The molecule has 2 atom stereocenters. The molecule has 1 aromatic heterocycles. The first-order chi connectivity index (χ1) is 33.3. The molecule has 0 bridgehead atoms. The van der Waals surface area contributed by atoms with Gasteiger partial charge in [0.2, 0.25) is 11.8 Å². The van der Waals surface area contributed by atoms with Crippen molar-refractivity contribution in [3.05, 3.63) is 263 Å². The van der Waals surface area contributed by atoms with Crippen molar-refractivity contribution in [1.29, 1.82) is 0 Å². The van der Waals surface area contributed by atoms with E-state index in [0.717, 1.165) is 38.9 Å². The molecule has 10 heteroatoms. The number of hydrogen-bond donors (Lipinski definition) is 2. The molecule has 0 spiro atoms. The Morgan fingerprint density at radius 1 is 0.618 bits per heavy atom. The number of alkyl carbamates (subject to hydrolysis) is 1. The molecule has 10 nitrogen and oxygen atoms in total. The van der Waals surface area contributed by atoms with Crippen molar-refractivity contribution in [2.24, 2.45) is 0 Å². The van der Waals surface area contributed by atoms with Crippen molar-refractivity contribution in [3.63, 3.8) is 0 Å². The second-order valence-corrected chi connectivity index (χ2v) is 16.8. The number of rotatable bonds is 20. The Hall–Kier alpha value is -8.24. The Balaban J connectivity index is 1.11. The maximum Gasteiger partial charge on any atom is 0.408 e. The quantitative estimate of drug-likeness (QED) is 0.0737. The zero-order valence-electron chi connectivity index (χ0n) is 38.1. The van der Waals surface area contributed by atoms with Crippen LogP contribution < -0.4 is 15.4 Å². The Bertz CT molecular complexity index is 2710. The zero-order chi connectivity index (χ0) is 47.0. The van der Waals surface area contributed by atoms with E-state index >= 15 is 4.79 Å². The van der Waals surface area contributed by atoms with Gasteiger partial charge in [0.1, 0.15) is 30.5 Å². The summed E-state index contributed by atoms with van der Waals surface area (Å²) in [5.41, 5.74) is 6.40. The standard InChI is InChI=1S/C58H55N5O5/c1-44(48-24-12-4-13-25-48)37-59-55(64)40-62(38-45-32-34-53(35-33-45)67-41-46-20-8-2-9-21-46)56(65)54(61-57(66)68-42-47-22-10-3-11-23-47)36-52-39-63(43-60-52)58(49-26-14-5-15-27-49,50-28-16-6-17-29-50)51-30-18-7-19-31-51/h2-35,39,43-44,54H,36-38,40-42H2,1H3,(H,59,64)(H,61,66)/t44?,54-/m0/s1. The maximum absolute atomic E-state index is 15.2. The molecule has 8 aromatic rings. The van der Waals surface area contributed by atoms with E-state index in [0.29, 0.717) is 24.6 Å². The molecular weight excluding hydrogens is 847 g/mol. The maximum atomic E-state index is 15.2. The summed E-state index contributed by atoms with van der Waals surface area (Å²) >= 11 is 0. The fraction of sp³-hybridized carbons (Fsp3) is 0.172. The highest BCUT2D eigenvalue weighted by Crippen LogP contribution is 2.41. The van der Waals surface area contributed by atoms with Gasteiger partial charge in [-0.05, 0) is 57.0 Å². The Morgan fingerprint density at radius 3 is 1.66 bits per heavy atom. The minimum absolute atomic E-state index is 0.000366. The molecule has 0 aliphatic carbocycles. The molecule has 3 amide bonds. The van der Waals surface area contributed by atoms with Crippen LogP contribution in [-0.2, 0) is 46.0 Å². The zero-order valence-corrected chi connectivity index (χ0v) is 38.1. The third-order valence-corrected chi connectivity index (χ3v) is 12.0. The molecule has 68 heavy (non-hydrogen) atoms. The predicted molar refractivity (Wildman–Crippen MR) is 265 cm³/mol. The normalized spacial score (nSPS) is 12.0. The van der Waals surface area contributed by atoms with E-state index in [2.05, 4.69) is 51.6 Å². The lowest BCUT2D eigenvalue weighted by molar-refractivity contribution is -0.138. The molecule has 1 unspecified atom stereocenters. The molecule has 1 heterocycles. The van der Waals surface area contributed by atoms with Crippen LogP contribution in [0.25, 0.3) is 0 Å². The number of carbonyl (C=O) groups excluding carboxylic acids is 3. The Labute approximate surface area is 398 Å². The molecule has 8 rings (SSSR count). The van der Waals surface area contributed by atoms with E-state index in [1.165, 1.54) is 4.90 Å². The van der Waals surface area contributed by atoms with E-state index < -0.39 is 23.6 Å². The highest BCUT2D eigenvalue weighted by Gasteiger charge is 2.39. The summed E-state index contributed by atoms with van der Waals surface area (Å²) in [4.78, 5) is 49.2. The third-order valence-electron chi connectivity index (χ3n) is 12.0. The summed E-state index contributed by atoms with van der Waals surface area (Å²) in [7, 11) is 0. The topological polar surface area (TPSA) is 115 Å². The lowest BCUT2D eigenvalue weighted by Gasteiger charge is -2.37. The van der Waals surface area contributed by atoms with Crippen LogP contribution in [0.15, 0.2) is 219 Å². The molecule has 0 saturated heterocycles. The van der Waals surface area contributed by atoms with Gasteiger partial charge in [-0.3, -0.25) is 9.59 Å². The van der Waals surface area contributed by atoms with Crippen LogP contribution in [0.5, 0.6) is 5.75 Å². The molecular formula is C58H55N5O5. The van der Waals surface area contributed by atoms with Gasteiger partial charge in [0.25, 0.3) is 0 Å². The van der Waals surface area contributed by atoms with Crippen LogP contribution in [0.2, 0.25) is 0 Å². The van der Waals surface area contributed by atoms with Crippen molar-refractivity contribution < 1.29 is 23.9 Å². The summed E-state index contributed by atoms with van der Waals surface area (Å²) in [6, 6.07) is 66.2. The predicted octanol–water partition coefficient (Wildman–Crippen LogP) is 10.1. The van der Waals surface area contributed by atoms with Crippen LogP contribution in [0, 0.1) is 0 Å². The second-order valence-electron chi connectivity index (χ2n) is 16.8. The lowest BCUT2D eigenvalue weighted by Crippen LogP contribution is -2.52. The van der Waals surface area contributed by atoms with Gasteiger partial charge in [-0.2, -0.15) is 0 Å². The number of ether oxygens (including phenoxy) is 2. The summed E-state index contributed by atoms with van der Waals surface area (Å²) in [5.74, 6) is -0.118. The number of imidazole rings is 1. The molecule has 0 fully saturated rings. The minimum Gasteiger partial charge on any atom is -0.489 e. The first kappa shape index (κ1) is 46.3. The van der Waals surface area contributed by atoms with E-state index in [4.69, 9.17) is 14.5 Å². The SMILES string of the molecule is CC(CNC(=O)CN(Cc1ccc(OCc2ccccc2)cc1)C(=O)[C@H](Cc1cn(C(c2ccccc2)(c2ccccc2)c2ccccc2)cn1)NC(=O)OCc1ccccc1)c1ccccc1. The van der Waals surface area contributed by atoms with Gasteiger partial charge < -0.3 is 29.6 Å². The Morgan fingerprint density at radius 2 is 1.12 bits per heavy atom. The summed E-state index contributed by atoms with van der Waals surface area (Å²) in [6.45, 7) is 2.62. The van der Waals surface area contributed by atoms with Crippen LogP contribution in [0.1, 0.15) is 57.5 Å². The van der Waals surface area contributed by atoms with Gasteiger partial charge in [-0.25, -0.2) is 9.78 Å². The van der Waals surface area contributed by atoms with Gasteiger partial charge in [-0.15, -0.1) is 0 Å². The van der Waals surface area contributed by atoms with Crippen LogP contribution in [-0.4, -0.2) is 51.5 Å². The van der Waals surface area contributed by atoms with E-state index in [1.807, 2.05) is 183 Å². The number of amides is 3. The largest absolute Gasteiger partial charge is 0.489 e. The van der Waals surface area contributed by atoms with Crippen LogP contribution >= 0.6 is 0 Å². The molecule has 342 valence electrons. The summed E-state index contributed by atoms with van der Waals surface area (Å²) < 4.78 is 13.8. The van der Waals surface area contributed by atoms with Crippen LogP contribution in [0.4, 0.5) is 4.79 Å². The van der Waals surface area contributed by atoms with Gasteiger partial charge >= 0.3 is 6.09 Å². The number of nitrogens with one attached hydrogen (secondary N) is 2. The number of carbonyl (C=O) groups is 3. The lowest BCUT2D eigenvalue weighted by atomic mass is 9.77. The Kier molecular flexibility index (Phi) is 15.5. The number of aromatic nitrogens is 2. The van der Waals surface area contributed by atoms with Crippen molar-refractivity contribution in [3.8, 4) is 5.75 Å². The average molecular weight is 902 g/mol. The molecule has 0 saturated carbocycles. The molecule has 0 aliphatic heterocycles. The van der Waals surface area contributed by atoms with Crippen LogP contribution in [0.3, 0.4) is 0 Å². The fourth-order valence-corrected chi connectivity index (χ4v) is 8.43. The van der Waals surface area contributed by atoms with Gasteiger partial charge in [-0.1, -0.05) is 201 Å². The highest BCUT2D eigenvalue weighted by atomic mass is 16.5. The first-order valence-corrected chi connectivity index (χ1v) is 22.9. The average Bonchev–Trinajstić information content (AvgIpc) is 3.87. The number of hydrogen-bond acceptors (Lipinski definition) is 6. The second kappa shape index (κ2) is 22.8. The smallest absolute Gasteiger partial charge is 0.408 e. The summed E-state index contributed by atoms with van der Waals surface area (Å²) in [6.07, 6.45) is 2.93. The van der Waals surface area contributed by atoms with Crippen molar-refractivity contribution in [1.82, 2.24) is 25.1 Å². The minimum atomic E-state index is -1.18. The van der Waals surface area contributed by atoms with Crippen molar-refractivity contribution in [2.75, 3.05) is 13.1 Å². The molecule has 0 radical (unpaired) electrons. The number of nitrogens with zero attached hydrogens (tertiary/aromatic N) is 3. The summed E-state index contributed by atoms with van der Waals surface area (Å²) in [5, 5.41) is 5.93. The van der Waals surface area contributed by atoms with E-state index in [1.54, 1.807) is 6.33 Å². The molecule has 0 aliphatic rings. The number of benzene rings is 7. The van der Waals surface area contributed by atoms with Gasteiger partial charge in [0, 0.05) is 25.7 Å². The van der Waals surface area contributed by atoms with Crippen molar-refractivity contribution in [2.45, 2.75) is 50.6 Å². The van der Waals surface area contributed by atoms with Gasteiger partial charge in [0.05, 0.1) is 18.6 Å². The highest BCUT2D eigenvalue weighted by molar-refractivity contribution is 5.89. The molecule has 7 aromatic carbocycles.